The molecule has 0 atom stereocenters. The second-order valence-electron chi connectivity index (χ2n) is 6.79. The van der Waals surface area contributed by atoms with Gasteiger partial charge in [-0.05, 0) is 67.8 Å². The van der Waals surface area contributed by atoms with Crippen molar-refractivity contribution in [2.45, 2.75) is 20.8 Å². The van der Waals surface area contributed by atoms with Crippen LogP contribution in [0.3, 0.4) is 0 Å². The molecule has 0 unspecified atom stereocenters. The minimum Gasteiger partial charge on any atom is -0.495 e. The van der Waals surface area contributed by atoms with Gasteiger partial charge in [0.15, 0.2) is 0 Å². The molecule has 148 valence electrons. The first-order valence-electron chi connectivity index (χ1n) is 9.18. The Morgan fingerprint density at radius 2 is 1.66 bits per heavy atom. The van der Waals surface area contributed by atoms with Gasteiger partial charge in [-0.1, -0.05) is 18.2 Å². The van der Waals surface area contributed by atoms with Crippen LogP contribution < -0.4 is 15.4 Å². The van der Waals surface area contributed by atoms with E-state index >= 15 is 0 Å². The van der Waals surface area contributed by atoms with Gasteiger partial charge in [0, 0.05) is 17.4 Å². The molecule has 6 heteroatoms. The maximum atomic E-state index is 12.7. The highest BCUT2D eigenvalue weighted by Gasteiger charge is 2.15. The summed E-state index contributed by atoms with van der Waals surface area (Å²) in [6.07, 6.45) is 1.44. The van der Waals surface area contributed by atoms with Gasteiger partial charge in [0.2, 0.25) is 0 Å². The number of nitrogens with one attached hydrogen (secondary N) is 2. The molecule has 1 aromatic heterocycles. The minimum absolute atomic E-state index is 0.162. The first kappa shape index (κ1) is 20.1. The molecule has 0 aliphatic heterocycles. The third-order valence-electron chi connectivity index (χ3n) is 4.71. The Morgan fingerprint density at radius 3 is 2.41 bits per heavy atom. The number of carbonyl (C=O) groups is 2. The second kappa shape index (κ2) is 8.56. The zero-order valence-corrected chi connectivity index (χ0v) is 16.9. The van der Waals surface area contributed by atoms with Crippen molar-refractivity contribution >= 4 is 23.2 Å². The molecule has 3 rings (SSSR count). The Kier molecular flexibility index (Phi) is 5.93. The summed E-state index contributed by atoms with van der Waals surface area (Å²) in [6.45, 7) is 5.85. The Bertz CT molecular complexity index is 1080. The fraction of sp³-hybridized carbons (Fsp3) is 0.174. The number of anilines is 2. The summed E-state index contributed by atoms with van der Waals surface area (Å²) in [7, 11) is 1.54. The van der Waals surface area contributed by atoms with Gasteiger partial charge in [-0.25, -0.2) is 0 Å². The third kappa shape index (κ3) is 4.60. The van der Waals surface area contributed by atoms with Crippen molar-refractivity contribution in [3.8, 4) is 5.75 Å². The predicted octanol–water partition coefficient (Wildman–Crippen LogP) is 4.52. The highest BCUT2D eigenvalue weighted by atomic mass is 16.5. The van der Waals surface area contributed by atoms with E-state index in [9.17, 15) is 9.59 Å². The maximum Gasteiger partial charge on any atom is 0.274 e. The summed E-state index contributed by atoms with van der Waals surface area (Å²) < 4.78 is 5.30. The molecule has 2 N–H and O–H groups in total. The first-order valence-corrected chi connectivity index (χ1v) is 9.18. The second-order valence-corrected chi connectivity index (χ2v) is 6.79. The number of hydrogen-bond donors (Lipinski definition) is 2. The fourth-order valence-electron chi connectivity index (χ4n) is 2.88. The van der Waals surface area contributed by atoms with Crippen LogP contribution in [-0.2, 0) is 0 Å². The van der Waals surface area contributed by atoms with Crippen molar-refractivity contribution in [3.05, 3.63) is 82.7 Å². The molecular formula is C23H23N3O3. The van der Waals surface area contributed by atoms with Crippen molar-refractivity contribution in [1.29, 1.82) is 0 Å². The lowest BCUT2D eigenvalue weighted by Crippen LogP contribution is -2.17. The molecule has 0 fully saturated rings. The standard InChI is InChI=1S/C23H23N3O3/c1-14-8-9-21(29-4)19(12-14)26-22(27)17-10-11-24-20(13-17)23(28)25-18-7-5-6-15(2)16(18)3/h5-13H,1-4H3,(H,25,28)(H,26,27). The van der Waals surface area contributed by atoms with E-state index in [1.54, 1.807) is 19.2 Å². The van der Waals surface area contributed by atoms with Crippen LogP contribution >= 0.6 is 0 Å². The Balaban J connectivity index is 1.80. The van der Waals surface area contributed by atoms with E-state index in [0.717, 1.165) is 22.4 Å². The monoisotopic (exact) mass is 389 g/mol. The number of methoxy groups -OCH3 is 1. The highest BCUT2D eigenvalue weighted by molar-refractivity contribution is 6.08. The number of rotatable bonds is 5. The van der Waals surface area contributed by atoms with Crippen molar-refractivity contribution in [2.75, 3.05) is 17.7 Å². The van der Waals surface area contributed by atoms with Gasteiger partial charge in [-0.3, -0.25) is 14.6 Å². The molecule has 0 saturated carbocycles. The Morgan fingerprint density at radius 1 is 0.897 bits per heavy atom. The number of hydrogen-bond acceptors (Lipinski definition) is 4. The molecule has 1 heterocycles. The van der Waals surface area contributed by atoms with Gasteiger partial charge >= 0.3 is 0 Å². The molecular weight excluding hydrogens is 366 g/mol. The van der Waals surface area contributed by atoms with Gasteiger partial charge in [0.05, 0.1) is 12.8 Å². The average Bonchev–Trinajstić information content (AvgIpc) is 2.71. The van der Waals surface area contributed by atoms with E-state index in [4.69, 9.17) is 4.74 Å². The zero-order valence-electron chi connectivity index (χ0n) is 16.9. The first-order chi connectivity index (χ1) is 13.9. The molecule has 0 radical (unpaired) electrons. The molecule has 0 aliphatic rings. The van der Waals surface area contributed by atoms with Crippen LogP contribution in [0, 0.1) is 20.8 Å². The molecule has 2 amide bonds. The van der Waals surface area contributed by atoms with Crippen LogP contribution in [0.15, 0.2) is 54.7 Å². The topological polar surface area (TPSA) is 80.3 Å². The normalized spacial score (nSPS) is 10.3. The maximum absolute atomic E-state index is 12.7. The van der Waals surface area contributed by atoms with Crippen LogP contribution in [0.4, 0.5) is 11.4 Å². The Hall–Kier alpha value is -3.67. The van der Waals surface area contributed by atoms with Crippen molar-refractivity contribution in [2.24, 2.45) is 0 Å². The molecule has 0 bridgehead atoms. The smallest absolute Gasteiger partial charge is 0.274 e. The lowest BCUT2D eigenvalue weighted by Gasteiger charge is -2.12. The molecule has 2 aromatic carbocycles. The van der Waals surface area contributed by atoms with Crippen LogP contribution in [-0.4, -0.2) is 23.9 Å². The number of ether oxygens (including phenoxy) is 1. The summed E-state index contributed by atoms with van der Waals surface area (Å²) in [4.78, 5) is 29.4. The summed E-state index contributed by atoms with van der Waals surface area (Å²) in [5.74, 6) is -0.163. The van der Waals surface area contributed by atoms with E-state index < -0.39 is 0 Å². The quantitative estimate of drug-likeness (QED) is 0.672. The van der Waals surface area contributed by atoms with Gasteiger partial charge in [0.25, 0.3) is 11.8 Å². The summed E-state index contributed by atoms with van der Waals surface area (Å²) in [5.41, 5.74) is 4.83. The van der Waals surface area contributed by atoms with E-state index in [2.05, 4.69) is 15.6 Å². The molecule has 6 nitrogen and oxygen atoms in total. The molecule has 0 spiro atoms. The lowest BCUT2D eigenvalue weighted by atomic mass is 10.1. The number of amides is 2. The summed E-state index contributed by atoms with van der Waals surface area (Å²) >= 11 is 0. The number of pyridine rings is 1. The lowest BCUT2D eigenvalue weighted by molar-refractivity contribution is 0.102. The Labute approximate surface area is 169 Å². The van der Waals surface area contributed by atoms with Crippen LogP contribution in [0.1, 0.15) is 37.5 Å². The van der Waals surface area contributed by atoms with E-state index in [-0.39, 0.29) is 17.5 Å². The van der Waals surface area contributed by atoms with E-state index in [1.807, 2.05) is 51.1 Å². The summed E-state index contributed by atoms with van der Waals surface area (Å²) in [5, 5.41) is 5.68. The van der Waals surface area contributed by atoms with E-state index in [1.165, 1.54) is 12.3 Å². The highest BCUT2D eigenvalue weighted by Crippen LogP contribution is 2.26. The minimum atomic E-state index is -0.374. The number of benzene rings is 2. The largest absolute Gasteiger partial charge is 0.495 e. The van der Waals surface area contributed by atoms with Gasteiger partial charge in [0.1, 0.15) is 11.4 Å². The van der Waals surface area contributed by atoms with Gasteiger partial charge < -0.3 is 15.4 Å². The van der Waals surface area contributed by atoms with Crippen LogP contribution in [0.25, 0.3) is 0 Å². The third-order valence-corrected chi connectivity index (χ3v) is 4.71. The van der Waals surface area contributed by atoms with Crippen molar-refractivity contribution in [3.63, 3.8) is 0 Å². The predicted molar refractivity (Wildman–Crippen MR) is 114 cm³/mol. The SMILES string of the molecule is COc1ccc(C)cc1NC(=O)c1ccnc(C(=O)Nc2cccc(C)c2C)c1. The molecule has 3 aromatic rings. The molecule has 0 aliphatic carbocycles. The number of nitrogens with zero attached hydrogens (tertiary/aromatic N) is 1. The van der Waals surface area contributed by atoms with Crippen LogP contribution in [0.5, 0.6) is 5.75 Å². The molecule has 29 heavy (non-hydrogen) atoms. The van der Waals surface area contributed by atoms with E-state index in [0.29, 0.717) is 17.0 Å². The van der Waals surface area contributed by atoms with Gasteiger partial charge in [-0.2, -0.15) is 0 Å². The average molecular weight is 389 g/mol. The summed E-state index contributed by atoms with van der Waals surface area (Å²) in [6, 6.07) is 14.2. The number of carbonyl (C=O) groups excluding carboxylic acids is 2. The van der Waals surface area contributed by atoms with Crippen LogP contribution in [0.2, 0.25) is 0 Å². The molecule has 0 saturated heterocycles. The van der Waals surface area contributed by atoms with Crippen molar-refractivity contribution in [1.82, 2.24) is 4.98 Å². The number of aromatic nitrogens is 1. The fourth-order valence-corrected chi connectivity index (χ4v) is 2.88. The number of aryl methyl sites for hydroxylation is 2. The zero-order chi connectivity index (χ0) is 21.0. The van der Waals surface area contributed by atoms with Crippen molar-refractivity contribution < 1.29 is 14.3 Å². The van der Waals surface area contributed by atoms with Gasteiger partial charge in [-0.15, -0.1) is 0 Å².